The quantitative estimate of drug-likeness (QED) is 0.790. The monoisotopic (exact) mass is 326 g/mol. The Bertz CT molecular complexity index is 487. The Kier molecular flexibility index (Phi) is 6.18. The molecule has 0 radical (unpaired) electrons. The maximum absolute atomic E-state index is 11.7. The normalized spacial score (nSPS) is 10.3. The predicted octanol–water partition coefficient (Wildman–Crippen LogP) is 2.76. The standard InChI is InChI=1S/C14H19BrN2O2/c1-4-11-12(9(2)18)7-10(8-13(11)15)17-14(19)5-6-16-3/h7-8,16H,4-6H2,1-3H3,(H,17,19). The highest BCUT2D eigenvalue weighted by molar-refractivity contribution is 9.10. The van der Waals surface area contributed by atoms with Crippen LogP contribution in [0.15, 0.2) is 16.6 Å². The first-order chi connectivity index (χ1) is 8.99. The van der Waals surface area contributed by atoms with Crippen LogP contribution in [0.1, 0.15) is 36.2 Å². The van der Waals surface area contributed by atoms with E-state index in [4.69, 9.17) is 0 Å². The van der Waals surface area contributed by atoms with Crippen LogP contribution in [0.5, 0.6) is 0 Å². The summed E-state index contributed by atoms with van der Waals surface area (Å²) >= 11 is 3.45. The number of hydrogen-bond acceptors (Lipinski definition) is 3. The molecule has 0 heterocycles. The minimum atomic E-state index is -0.0694. The van der Waals surface area contributed by atoms with Crippen LogP contribution in [0.2, 0.25) is 0 Å². The highest BCUT2D eigenvalue weighted by atomic mass is 79.9. The second-order valence-corrected chi connectivity index (χ2v) is 5.15. The molecule has 0 unspecified atom stereocenters. The largest absolute Gasteiger partial charge is 0.326 e. The zero-order chi connectivity index (χ0) is 14.4. The van der Waals surface area contributed by atoms with Crippen molar-refractivity contribution in [3.05, 3.63) is 27.7 Å². The molecule has 0 saturated carbocycles. The number of anilines is 1. The maximum atomic E-state index is 11.7. The Morgan fingerprint density at radius 1 is 1.32 bits per heavy atom. The summed E-state index contributed by atoms with van der Waals surface area (Å²) in [4.78, 5) is 23.3. The third-order valence-corrected chi connectivity index (χ3v) is 3.52. The van der Waals surface area contributed by atoms with Crippen molar-refractivity contribution in [3.8, 4) is 0 Å². The molecule has 1 aromatic carbocycles. The zero-order valence-electron chi connectivity index (χ0n) is 11.5. The Labute approximate surface area is 122 Å². The minimum absolute atomic E-state index is 0.00359. The number of carbonyl (C=O) groups is 2. The van der Waals surface area contributed by atoms with E-state index < -0.39 is 0 Å². The van der Waals surface area contributed by atoms with E-state index >= 15 is 0 Å². The number of benzene rings is 1. The Balaban J connectivity index is 2.97. The molecule has 0 aliphatic heterocycles. The van der Waals surface area contributed by atoms with Gasteiger partial charge in [-0.3, -0.25) is 9.59 Å². The summed E-state index contributed by atoms with van der Waals surface area (Å²) in [7, 11) is 1.80. The average Bonchev–Trinajstić information content (AvgIpc) is 2.35. The second kappa shape index (κ2) is 7.40. The molecule has 4 nitrogen and oxygen atoms in total. The van der Waals surface area contributed by atoms with Gasteiger partial charge in [0.25, 0.3) is 0 Å². The van der Waals surface area contributed by atoms with Crippen molar-refractivity contribution in [1.29, 1.82) is 0 Å². The average molecular weight is 327 g/mol. The lowest BCUT2D eigenvalue weighted by atomic mass is 10.0. The number of carbonyl (C=O) groups excluding carboxylic acids is 2. The molecular formula is C14H19BrN2O2. The number of Topliss-reactive ketones (excluding diaryl/α,β-unsaturated/α-hetero) is 1. The molecule has 2 N–H and O–H groups in total. The van der Waals surface area contributed by atoms with Gasteiger partial charge in [-0.05, 0) is 38.1 Å². The number of amides is 1. The van der Waals surface area contributed by atoms with Crippen molar-refractivity contribution < 1.29 is 9.59 Å². The van der Waals surface area contributed by atoms with Gasteiger partial charge >= 0.3 is 0 Å². The number of nitrogens with one attached hydrogen (secondary N) is 2. The summed E-state index contributed by atoms with van der Waals surface area (Å²) in [6.45, 7) is 4.16. The van der Waals surface area contributed by atoms with Gasteiger partial charge in [-0.1, -0.05) is 22.9 Å². The van der Waals surface area contributed by atoms with E-state index in [0.29, 0.717) is 24.2 Å². The van der Waals surface area contributed by atoms with E-state index in [1.54, 1.807) is 13.1 Å². The summed E-state index contributed by atoms with van der Waals surface area (Å²) in [5.74, 6) is -0.0659. The lowest BCUT2D eigenvalue weighted by Crippen LogP contribution is -2.19. The van der Waals surface area contributed by atoms with Crippen molar-refractivity contribution in [1.82, 2.24) is 5.32 Å². The Morgan fingerprint density at radius 3 is 2.53 bits per heavy atom. The first-order valence-electron chi connectivity index (χ1n) is 6.27. The zero-order valence-corrected chi connectivity index (χ0v) is 13.1. The fourth-order valence-electron chi connectivity index (χ4n) is 1.84. The summed E-state index contributed by atoms with van der Waals surface area (Å²) < 4.78 is 0.853. The van der Waals surface area contributed by atoms with Crippen LogP contribution in [-0.4, -0.2) is 25.3 Å². The van der Waals surface area contributed by atoms with Crippen molar-refractivity contribution >= 4 is 33.3 Å². The van der Waals surface area contributed by atoms with E-state index in [2.05, 4.69) is 26.6 Å². The van der Waals surface area contributed by atoms with Gasteiger partial charge < -0.3 is 10.6 Å². The van der Waals surface area contributed by atoms with Gasteiger partial charge in [-0.2, -0.15) is 0 Å². The van der Waals surface area contributed by atoms with Gasteiger partial charge in [0, 0.05) is 28.7 Å². The van der Waals surface area contributed by atoms with Gasteiger partial charge in [-0.15, -0.1) is 0 Å². The Hall–Kier alpha value is -1.20. The predicted molar refractivity (Wildman–Crippen MR) is 80.7 cm³/mol. The van der Waals surface area contributed by atoms with Crippen molar-refractivity contribution in [2.45, 2.75) is 26.7 Å². The summed E-state index contributed by atoms with van der Waals surface area (Å²) in [6.07, 6.45) is 1.17. The molecule has 0 bridgehead atoms. The number of rotatable bonds is 6. The number of halogens is 1. The van der Waals surface area contributed by atoms with Gasteiger partial charge in [0.15, 0.2) is 5.78 Å². The first kappa shape index (κ1) is 15.9. The van der Waals surface area contributed by atoms with Crippen molar-refractivity contribution in [2.24, 2.45) is 0 Å². The summed E-state index contributed by atoms with van der Waals surface area (Å²) in [5, 5.41) is 5.72. The van der Waals surface area contributed by atoms with E-state index in [-0.39, 0.29) is 11.7 Å². The SMILES string of the molecule is CCc1c(Br)cc(NC(=O)CCNC)cc1C(C)=O. The molecular weight excluding hydrogens is 308 g/mol. The molecule has 0 atom stereocenters. The highest BCUT2D eigenvalue weighted by Crippen LogP contribution is 2.27. The van der Waals surface area contributed by atoms with E-state index in [0.717, 1.165) is 16.5 Å². The van der Waals surface area contributed by atoms with Gasteiger partial charge in [0.1, 0.15) is 0 Å². The molecule has 104 valence electrons. The molecule has 1 amide bonds. The number of hydrogen-bond donors (Lipinski definition) is 2. The van der Waals surface area contributed by atoms with Crippen molar-refractivity contribution in [2.75, 3.05) is 18.9 Å². The van der Waals surface area contributed by atoms with E-state index in [1.807, 2.05) is 13.0 Å². The van der Waals surface area contributed by atoms with Crippen LogP contribution in [0.4, 0.5) is 5.69 Å². The van der Waals surface area contributed by atoms with E-state index in [1.165, 1.54) is 6.92 Å². The lowest BCUT2D eigenvalue weighted by Gasteiger charge is -2.12. The third kappa shape index (κ3) is 4.44. The van der Waals surface area contributed by atoms with Crippen LogP contribution in [0, 0.1) is 0 Å². The fraction of sp³-hybridized carbons (Fsp3) is 0.429. The van der Waals surface area contributed by atoms with Gasteiger partial charge in [0.2, 0.25) is 5.91 Å². The fourth-order valence-corrected chi connectivity index (χ4v) is 2.58. The molecule has 0 spiro atoms. The van der Waals surface area contributed by atoms with E-state index in [9.17, 15) is 9.59 Å². The van der Waals surface area contributed by atoms with Crippen LogP contribution in [0.3, 0.4) is 0 Å². The van der Waals surface area contributed by atoms with Crippen LogP contribution in [-0.2, 0) is 11.2 Å². The molecule has 5 heteroatoms. The molecule has 1 aromatic rings. The first-order valence-corrected chi connectivity index (χ1v) is 7.06. The summed E-state index contributed by atoms with van der Waals surface area (Å²) in [6, 6.07) is 3.58. The third-order valence-electron chi connectivity index (χ3n) is 2.81. The molecule has 19 heavy (non-hydrogen) atoms. The molecule has 1 rings (SSSR count). The Morgan fingerprint density at radius 2 is 2.00 bits per heavy atom. The molecule has 0 aromatic heterocycles. The van der Waals surface area contributed by atoms with Crippen LogP contribution >= 0.6 is 15.9 Å². The summed E-state index contributed by atoms with van der Waals surface area (Å²) in [5.41, 5.74) is 2.27. The molecule has 0 saturated heterocycles. The smallest absolute Gasteiger partial charge is 0.225 e. The van der Waals surface area contributed by atoms with Gasteiger partial charge in [-0.25, -0.2) is 0 Å². The topological polar surface area (TPSA) is 58.2 Å². The van der Waals surface area contributed by atoms with Crippen LogP contribution in [0.25, 0.3) is 0 Å². The van der Waals surface area contributed by atoms with Gasteiger partial charge in [0.05, 0.1) is 0 Å². The lowest BCUT2D eigenvalue weighted by molar-refractivity contribution is -0.116. The number of ketones is 1. The van der Waals surface area contributed by atoms with Crippen molar-refractivity contribution in [3.63, 3.8) is 0 Å². The second-order valence-electron chi connectivity index (χ2n) is 4.30. The molecule has 0 aliphatic carbocycles. The molecule has 0 aliphatic rings. The maximum Gasteiger partial charge on any atom is 0.225 e. The molecule has 0 fully saturated rings. The van der Waals surface area contributed by atoms with Crippen LogP contribution < -0.4 is 10.6 Å². The minimum Gasteiger partial charge on any atom is -0.326 e. The highest BCUT2D eigenvalue weighted by Gasteiger charge is 2.12.